The first-order valence-electron chi connectivity index (χ1n) is 5.82. The Morgan fingerprint density at radius 2 is 1.50 bits per heavy atom. The van der Waals surface area contributed by atoms with E-state index in [1.165, 1.54) is 18.2 Å². The minimum Gasteiger partial charge on any atom is -0.508 e. The second-order valence-electron chi connectivity index (χ2n) is 4.05. The average Bonchev–Trinajstić information content (AvgIpc) is 2.38. The van der Waals surface area contributed by atoms with E-state index in [0.717, 1.165) is 0 Å². The Bertz CT molecular complexity index is 591. The molecule has 0 atom stereocenters. The second-order valence-corrected chi connectivity index (χ2v) is 4.05. The first-order valence-corrected chi connectivity index (χ1v) is 5.82. The molecule has 0 aliphatic rings. The molecule has 2 aromatic carbocycles. The highest BCUT2D eigenvalue weighted by atomic mass is 16.5. The fraction of sp³-hybridized carbons (Fsp3) is 0.0714. The van der Waals surface area contributed by atoms with Crippen LogP contribution in [0, 0.1) is 0 Å². The van der Waals surface area contributed by atoms with Crippen molar-refractivity contribution in [2.45, 2.75) is 0 Å². The van der Waals surface area contributed by atoms with Crippen LogP contribution in [-0.2, 0) is 0 Å². The third-order valence-corrected chi connectivity index (χ3v) is 2.51. The third kappa shape index (κ3) is 3.55. The van der Waals surface area contributed by atoms with Gasteiger partial charge in [0, 0.05) is 29.6 Å². The molecule has 104 valence electrons. The molecule has 6 heteroatoms. The number of phenolic OH excluding ortho intramolecular Hbond substituents is 2. The van der Waals surface area contributed by atoms with E-state index in [2.05, 4.69) is 10.6 Å². The normalized spacial score (nSPS) is 9.85. The quantitative estimate of drug-likeness (QED) is 0.692. The number of anilines is 2. The number of benzene rings is 2. The van der Waals surface area contributed by atoms with Gasteiger partial charge in [0.1, 0.15) is 17.2 Å². The van der Waals surface area contributed by atoms with Gasteiger partial charge in [-0.05, 0) is 24.3 Å². The Morgan fingerprint density at radius 1 is 0.950 bits per heavy atom. The molecule has 4 N–H and O–H groups in total. The number of nitrogens with one attached hydrogen (secondary N) is 2. The number of methoxy groups -OCH3 is 1. The summed E-state index contributed by atoms with van der Waals surface area (Å²) >= 11 is 0. The lowest BCUT2D eigenvalue weighted by Gasteiger charge is -2.09. The number of phenols is 2. The lowest BCUT2D eigenvalue weighted by molar-refractivity contribution is 0.262. The summed E-state index contributed by atoms with van der Waals surface area (Å²) in [5, 5.41) is 23.7. The van der Waals surface area contributed by atoms with Crippen molar-refractivity contribution in [3.05, 3.63) is 42.5 Å². The van der Waals surface area contributed by atoms with Crippen molar-refractivity contribution in [2.75, 3.05) is 17.7 Å². The van der Waals surface area contributed by atoms with E-state index in [1.54, 1.807) is 31.4 Å². The molecule has 0 aliphatic heterocycles. The van der Waals surface area contributed by atoms with Gasteiger partial charge in [0.2, 0.25) is 0 Å². The summed E-state index contributed by atoms with van der Waals surface area (Å²) in [6.07, 6.45) is 0. The van der Waals surface area contributed by atoms with E-state index in [9.17, 15) is 15.0 Å². The predicted octanol–water partition coefficient (Wildman–Crippen LogP) is 2.75. The van der Waals surface area contributed by atoms with Gasteiger partial charge in [-0.25, -0.2) is 4.79 Å². The van der Waals surface area contributed by atoms with Crippen molar-refractivity contribution in [3.8, 4) is 17.2 Å². The fourth-order valence-corrected chi connectivity index (χ4v) is 1.64. The van der Waals surface area contributed by atoms with Crippen molar-refractivity contribution < 1.29 is 19.7 Å². The largest absolute Gasteiger partial charge is 0.508 e. The second kappa shape index (κ2) is 5.83. The van der Waals surface area contributed by atoms with Crippen molar-refractivity contribution in [1.82, 2.24) is 0 Å². The van der Waals surface area contributed by atoms with E-state index in [4.69, 9.17) is 4.74 Å². The van der Waals surface area contributed by atoms with Gasteiger partial charge in [0.15, 0.2) is 0 Å². The molecule has 2 aromatic rings. The van der Waals surface area contributed by atoms with Crippen LogP contribution in [0.15, 0.2) is 42.5 Å². The molecular formula is C14H14N2O4. The Morgan fingerprint density at radius 3 is 2.05 bits per heavy atom. The number of carbonyl (C=O) groups is 1. The van der Waals surface area contributed by atoms with Crippen LogP contribution in [0.2, 0.25) is 0 Å². The summed E-state index contributed by atoms with van der Waals surface area (Å²) in [5.41, 5.74) is 0.876. The SMILES string of the molecule is COc1ccc(NC(=O)Nc2cc(O)cc(O)c2)cc1. The number of carbonyl (C=O) groups excluding carboxylic acids is 1. The fourth-order valence-electron chi connectivity index (χ4n) is 1.64. The monoisotopic (exact) mass is 274 g/mol. The lowest BCUT2D eigenvalue weighted by Crippen LogP contribution is -2.19. The highest BCUT2D eigenvalue weighted by Gasteiger charge is 2.05. The van der Waals surface area contributed by atoms with Crippen LogP contribution in [0.1, 0.15) is 0 Å². The smallest absolute Gasteiger partial charge is 0.323 e. The Kier molecular flexibility index (Phi) is 3.95. The number of hydrogen-bond acceptors (Lipinski definition) is 4. The maximum atomic E-state index is 11.7. The number of amides is 2. The van der Waals surface area contributed by atoms with Gasteiger partial charge in [-0.2, -0.15) is 0 Å². The summed E-state index contributed by atoms with van der Waals surface area (Å²) in [7, 11) is 1.56. The number of urea groups is 1. The Labute approximate surface area is 115 Å². The topological polar surface area (TPSA) is 90.8 Å². The number of hydrogen-bond donors (Lipinski definition) is 4. The molecule has 6 nitrogen and oxygen atoms in total. The minimum absolute atomic E-state index is 0.134. The number of ether oxygens (including phenoxy) is 1. The molecule has 2 rings (SSSR count). The predicted molar refractivity (Wildman–Crippen MR) is 75.4 cm³/mol. The van der Waals surface area contributed by atoms with Crippen LogP contribution in [0.5, 0.6) is 17.2 Å². The van der Waals surface area contributed by atoms with Gasteiger partial charge >= 0.3 is 6.03 Å². The van der Waals surface area contributed by atoms with Crippen LogP contribution in [0.3, 0.4) is 0 Å². The molecule has 0 fully saturated rings. The van der Waals surface area contributed by atoms with Gasteiger partial charge in [0.25, 0.3) is 0 Å². The zero-order valence-corrected chi connectivity index (χ0v) is 10.8. The lowest BCUT2D eigenvalue weighted by atomic mass is 10.3. The van der Waals surface area contributed by atoms with Crippen LogP contribution in [-0.4, -0.2) is 23.4 Å². The Hall–Kier alpha value is -2.89. The molecule has 2 amide bonds. The molecule has 0 unspecified atom stereocenters. The van der Waals surface area contributed by atoms with Crippen molar-refractivity contribution in [2.24, 2.45) is 0 Å². The molecule has 0 saturated heterocycles. The molecule has 0 radical (unpaired) electrons. The maximum absolute atomic E-state index is 11.7. The van der Waals surface area contributed by atoms with E-state index in [1.807, 2.05) is 0 Å². The van der Waals surface area contributed by atoms with Gasteiger partial charge in [-0.1, -0.05) is 0 Å². The molecule has 0 bridgehead atoms. The zero-order chi connectivity index (χ0) is 14.5. The summed E-state index contributed by atoms with van der Waals surface area (Å²) in [6.45, 7) is 0. The first-order chi connectivity index (χ1) is 9.56. The standard InChI is InChI=1S/C14H14N2O4/c1-20-13-4-2-9(3-5-13)15-14(19)16-10-6-11(17)8-12(18)7-10/h2-8,17-18H,1H3,(H2,15,16,19). The van der Waals surface area contributed by atoms with Gasteiger partial charge in [-0.3, -0.25) is 0 Å². The van der Waals surface area contributed by atoms with Crippen molar-refractivity contribution in [1.29, 1.82) is 0 Å². The van der Waals surface area contributed by atoms with Crippen molar-refractivity contribution in [3.63, 3.8) is 0 Å². The van der Waals surface area contributed by atoms with Crippen LogP contribution >= 0.6 is 0 Å². The zero-order valence-electron chi connectivity index (χ0n) is 10.8. The van der Waals surface area contributed by atoms with E-state index in [0.29, 0.717) is 11.4 Å². The molecule has 0 heterocycles. The molecule has 0 aromatic heterocycles. The minimum atomic E-state index is -0.486. The Balaban J connectivity index is 2.01. The summed E-state index contributed by atoms with van der Waals surface area (Å²) < 4.78 is 5.01. The number of rotatable bonds is 3. The highest BCUT2D eigenvalue weighted by molar-refractivity contribution is 6.00. The summed E-state index contributed by atoms with van der Waals surface area (Å²) in [4.78, 5) is 11.7. The molecule has 0 saturated carbocycles. The molecule has 0 spiro atoms. The van der Waals surface area contributed by atoms with Gasteiger partial charge in [0.05, 0.1) is 7.11 Å². The van der Waals surface area contributed by atoms with Gasteiger partial charge in [-0.15, -0.1) is 0 Å². The summed E-state index contributed by atoms with van der Waals surface area (Å²) in [5.74, 6) is 0.420. The highest BCUT2D eigenvalue weighted by Crippen LogP contribution is 2.24. The molecular weight excluding hydrogens is 260 g/mol. The first kappa shape index (κ1) is 13.5. The number of aromatic hydroxyl groups is 2. The van der Waals surface area contributed by atoms with Crippen molar-refractivity contribution >= 4 is 17.4 Å². The van der Waals surface area contributed by atoms with Crippen LogP contribution in [0.25, 0.3) is 0 Å². The van der Waals surface area contributed by atoms with E-state index in [-0.39, 0.29) is 17.2 Å². The van der Waals surface area contributed by atoms with Crippen LogP contribution in [0.4, 0.5) is 16.2 Å². The maximum Gasteiger partial charge on any atom is 0.323 e. The third-order valence-electron chi connectivity index (χ3n) is 2.51. The van der Waals surface area contributed by atoms with Crippen LogP contribution < -0.4 is 15.4 Å². The summed E-state index contributed by atoms with van der Waals surface area (Å²) in [6, 6.07) is 10.2. The average molecular weight is 274 g/mol. The van der Waals surface area contributed by atoms with E-state index < -0.39 is 6.03 Å². The molecule has 20 heavy (non-hydrogen) atoms. The molecule has 0 aliphatic carbocycles. The van der Waals surface area contributed by atoms with Gasteiger partial charge < -0.3 is 25.6 Å². The van der Waals surface area contributed by atoms with E-state index >= 15 is 0 Å².